The Bertz CT molecular complexity index is 528. The molecule has 5 heteroatoms. The maximum atomic E-state index is 12.9. The highest BCUT2D eigenvalue weighted by Gasteiger charge is 2.12. The van der Waals surface area contributed by atoms with E-state index in [0.717, 1.165) is 17.9 Å². The van der Waals surface area contributed by atoms with Gasteiger partial charge in [0.15, 0.2) is 0 Å². The minimum atomic E-state index is -1.46. The molecule has 0 heterocycles. The minimum absolute atomic E-state index is 0.265. The zero-order valence-electron chi connectivity index (χ0n) is 10.6. The van der Waals surface area contributed by atoms with E-state index in [-0.39, 0.29) is 5.82 Å². The lowest BCUT2D eigenvalue weighted by Gasteiger charge is -2.23. The molecule has 2 aromatic carbocycles. The van der Waals surface area contributed by atoms with E-state index in [4.69, 9.17) is 10.0 Å². The molecule has 0 atom stereocenters. The van der Waals surface area contributed by atoms with E-state index in [1.807, 2.05) is 24.0 Å². The van der Waals surface area contributed by atoms with Crippen LogP contribution in [0.4, 0.5) is 15.8 Å². The van der Waals surface area contributed by atoms with Gasteiger partial charge in [0, 0.05) is 17.9 Å². The summed E-state index contributed by atoms with van der Waals surface area (Å²) in [5, 5.41) is 18.1. The lowest BCUT2D eigenvalue weighted by Crippen LogP contribution is -2.29. The number of hydrogen-bond acceptors (Lipinski definition) is 3. The van der Waals surface area contributed by atoms with Crippen molar-refractivity contribution in [3.05, 3.63) is 54.3 Å². The van der Waals surface area contributed by atoms with Crippen LogP contribution in [0.3, 0.4) is 0 Å². The van der Waals surface area contributed by atoms with E-state index in [2.05, 4.69) is 0 Å². The molecule has 0 spiro atoms. The summed E-state index contributed by atoms with van der Waals surface area (Å²) in [5.41, 5.74) is 2.25. The molecule has 0 aliphatic rings. The summed E-state index contributed by atoms with van der Waals surface area (Å²) in [6.45, 7) is 2.73. The number of hydrogen-bond donors (Lipinski definition) is 2. The third kappa shape index (κ3) is 3.13. The predicted octanol–water partition coefficient (Wildman–Crippen LogP) is 1.66. The van der Waals surface area contributed by atoms with Crippen LogP contribution in [0.5, 0.6) is 0 Å². The summed E-state index contributed by atoms with van der Waals surface area (Å²) in [4.78, 5) is 2.01. The summed E-state index contributed by atoms with van der Waals surface area (Å²) in [7, 11) is -1.46. The molecule has 0 fully saturated rings. The molecule has 0 unspecified atom stereocenters. The Kier molecular flexibility index (Phi) is 4.19. The van der Waals surface area contributed by atoms with Gasteiger partial charge in [-0.1, -0.05) is 12.1 Å². The van der Waals surface area contributed by atoms with Crippen LogP contribution in [0.25, 0.3) is 0 Å². The van der Waals surface area contributed by atoms with Gasteiger partial charge in [-0.25, -0.2) is 4.39 Å². The van der Waals surface area contributed by atoms with Crippen LogP contribution < -0.4 is 10.4 Å². The van der Waals surface area contributed by atoms with Crippen LogP contribution in [0.2, 0.25) is 0 Å². The van der Waals surface area contributed by atoms with Crippen LogP contribution in [0.15, 0.2) is 48.5 Å². The molecule has 0 amide bonds. The molecule has 2 rings (SSSR count). The van der Waals surface area contributed by atoms with E-state index in [1.165, 1.54) is 12.1 Å². The van der Waals surface area contributed by atoms with E-state index in [0.29, 0.717) is 5.46 Å². The number of nitrogens with zero attached hydrogens (tertiary/aromatic N) is 1. The largest absolute Gasteiger partial charge is 0.488 e. The molecule has 2 N–H and O–H groups in total. The van der Waals surface area contributed by atoms with Crippen molar-refractivity contribution in [2.24, 2.45) is 0 Å². The monoisotopic (exact) mass is 259 g/mol. The molecular formula is C14H15BFNO2. The molecule has 98 valence electrons. The fraction of sp³-hybridized carbons (Fsp3) is 0.143. The van der Waals surface area contributed by atoms with Gasteiger partial charge in [0.05, 0.1) is 0 Å². The Morgan fingerprint density at radius 1 is 0.947 bits per heavy atom. The summed E-state index contributed by atoms with van der Waals surface area (Å²) in [6.07, 6.45) is 0. The standard InChI is InChI=1S/C14H15BFNO2/c1-2-17(14-9-5-12(16)6-10-14)13-7-3-11(4-8-13)15(18)19/h3-10,18-19H,2H2,1H3. The molecule has 19 heavy (non-hydrogen) atoms. The maximum absolute atomic E-state index is 12.9. The van der Waals surface area contributed by atoms with Crippen molar-refractivity contribution < 1.29 is 14.4 Å². The SMILES string of the molecule is CCN(c1ccc(F)cc1)c1ccc(B(O)O)cc1. The summed E-state index contributed by atoms with van der Waals surface area (Å²) < 4.78 is 12.9. The summed E-state index contributed by atoms with van der Waals surface area (Å²) in [5.74, 6) is -0.265. The first kappa shape index (κ1) is 13.6. The van der Waals surface area contributed by atoms with Crippen molar-refractivity contribution in [3.8, 4) is 0 Å². The Balaban J connectivity index is 2.28. The normalized spacial score (nSPS) is 10.3. The Morgan fingerprint density at radius 2 is 1.42 bits per heavy atom. The molecule has 2 aromatic rings. The van der Waals surface area contributed by atoms with Gasteiger partial charge in [-0.15, -0.1) is 0 Å². The first-order chi connectivity index (χ1) is 9.11. The van der Waals surface area contributed by atoms with Gasteiger partial charge in [-0.3, -0.25) is 0 Å². The van der Waals surface area contributed by atoms with Gasteiger partial charge in [-0.2, -0.15) is 0 Å². The highest BCUT2D eigenvalue weighted by atomic mass is 19.1. The van der Waals surface area contributed by atoms with Crippen LogP contribution in [-0.4, -0.2) is 23.7 Å². The second-order valence-corrected chi connectivity index (χ2v) is 4.19. The van der Waals surface area contributed by atoms with Gasteiger partial charge in [0.2, 0.25) is 0 Å². The van der Waals surface area contributed by atoms with Gasteiger partial charge >= 0.3 is 7.12 Å². The lowest BCUT2D eigenvalue weighted by atomic mass is 9.80. The van der Waals surface area contributed by atoms with Crippen molar-refractivity contribution >= 4 is 24.0 Å². The fourth-order valence-corrected chi connectivity index (χ4v) is 1.96. The molecule has 3 nitrogen and oxygen atoms in total. The first-order valence-electron chi connectivity index (χ1n) is 6.11. The zero-order valence-corrected chi connectivity index (χ0v) is 10.6. The quantitative estimate of drug-likeness (QED) is 0.821. The van der Waals surface area contributed by atoms with Crippen LogP contribution in [-0.2, 0) is 0 Å². The van der Waals surface area contributed by atoms with E-state index < -0.39 is 7.12 Å². The van der Waals surface area contributed by atoms with Gasteiger partial charge < -0.3 is 14.9 Å². The van der Waals surface area contributed by atoms with Crippen molar-refractivity contribution in [1.82, 2.24) is 0 Å². The van der Waals surface area contributed by atoms with Crippen molar-refractivity contribution in [2.45, 2.75) is 6.92 Å². The van der Waals surface area contributed by atoms with Crippen LogP contribution in [0, 0.1) is 5.82 Å². The third-order valence-electron chi connectivity index (χ3n) is 2.96. The van der Waals surface area contributed by atoms with Crippen molar-refractivity contribution in [1.29, 1.82) is 0 Å². The molecule has 0 aliphatic carbocycles. The van der Waals surface area contributed by atoms with Crippen molar-refractivity contribution in [2.75, 3.05) is 11.4 Å². The molecule has 0 saturated carbocycles. The van der Waals surface area contributed by atoms with Gasteiger partial charge in [-0.05, 0) is 48.8 Å². The van der Waals surface area contributed by atoms with Gasteiger partial charge in [0.25, 0.3) is 0 Å². The first-order valence-corrected chi connectivity index (χ1v) is 6.11. The summed E-state index contributed by atoms with van der Waals surface area (Å²) in [6, 6.07) is 13.2. The second-order valence-electron chi connectivity index (χ2n) is 4.19. The third-order valence-corrected chi connectivity index (χ3v) is 2.96. The molecule has 0 radical (unpaired) electrons. The zero-order chi connectivity index (χ0) is 13.8. The minimum Gasteiger partial charge on any atom is -0.423 e. The second kappa shape index (κ2) is 5.86. The van der Waals surface area contributed by atoms with Crippen molar-refractivity contribution in [3.63, 3.8) is 0 Å². The molecule has 0 aromatic heterocycles. The number of halogens is 1. The maximum Gasteiger partial charge on any atom is 0.488 e. The van der Waals surface area contributed by atoms with E-state index in [1.54, 1.807) is 24.3 Å². The average Bonchev–Trinajstić information content (AvgIpc) is 2.42. The molecule has 0 aliphatic heterocycles. The fourth-order valence-electron chi connectivity index (χ4n) is 1.96. The Labute approximate surface area is 112 Å². The smallest absolute Gasteiger partial charge is 0.423 e. The van der Waals surface area contributed by atoms with Crippen LogP contribution >= 0.6 is 0 Å². The van der Waals surface area contributed by atoms with E-state index >= 15 is 0 Å². The average molecular weight is 259 g/mol. The molecule has 0 saturated heterocycles. The highest BCUT2D eigenvalue weighted by molar-refractivity contribution is 6.58. The number of rotatable bonds is 4. The lowest BCUT2D eigenvalue weighted by molar-refractivity contribution is 0.426. The highest BCUT2D eigenvalue weighted by Crippen LogP contribution is 2.24. The molecular weight excluding hydrogens is 244 g/mol. The topological polar surface area (TPSA) is 43.7 Å². The number of anilines is 2. The Morgan fingerprint density at radius 3 is 1.84 bits per heavy atom. The molecule has 0 bridgehead atoms. The Hall–Kier alpha value is -1.85. The predicted molar refractivity (Wildman–Crippen MR) is 75.3 cm³/mol. The van der Waals surface area contributed by atoms with E-state index in [9.17, 15) is 4.39 Å². The number of benzene rings is 2. The summed E-state index contributed by atoms with van der Waals surface area (Å²) >= 11 is 0. The van der Waals surface area contributed by atoms with Gasteiger partial charge in [0.1, 0.15) is 5.82 Å². The van der Waals surface area contributed by atoms with Crippen LogP contribution in [0.1, 0.15) is 6.92 Å².